The summed E-state index contributed by atoms with van der Waals surface area (Å²) in [5.74, 6) is 1.45. The molecule has 2 fully saturated rings. The highest BCUT2D eigenvalue weighted by molar-refractivity contribution is 6.01. The lowest BCUT2D eigenvalue weighted by Crippen LogP contribution is -2.49. The maximum Gasteiger partial charge on any atom is 0.255 e. The smallest absolute Gasteiger partial charge is 0.255 e. The zero-order chi connectivity index (χ0) is 24.6. The van der Waals surface area contributed by atoms with Gasteiger partial charge in [-0.3, -0.25) is 9.59 Å². The predicted molar refractivity (Wildman–Crippen MR) is 139 cm³/mol. The molecule has 0 radical (unpaired) electrons. The molecule has 3 aliphatic heterocycles. The van der Waals surface area contributed by atoms with Crippen molar-refractivity contribution in [3.63, 3.8) is 0 Å². The first-order chi connectivity index (χ1) is 17.5. The van der Waals surface area contributed by atoms with E-state index in [9.17, 15) is 9.59 Å². The number of carbonyl (C=O) groups excluding carboxylic acids is 2. The minimum Gasteiger partial charge on any atom is -0.492 e. The monoisotopic (exact) mass is 485 g/mol. The fourth-order valence-electron chi connectivity index (χ4n) is 6.55. The van der Waals surface area contributed by atoms with Gasteiger partial charge >= 0.3 is 0 Å². The van der Waals surface area contributed by atoms with Gasteiger partial charge in [0.05, 0.1) is 0 Å². The number of carbonyl (C=O) groups is 2. The molecular weight excluding hydrogens is 450 g/mol. The van der Waals surface area contributed by atoms with Crippen molar-refractivity contribution in [1.82, 2.24) is 15.5 Å². The van der Waals surface area contributed by atoms with Gasteiger partial charge in [0.2, 0.25) is 5.91 Å². The molecule has 2 unspecified atom stereocenters. The number of piperidine rings is 1. The highest BCUT2D eigenvalue weighted by Gasteiger charge is 2.38. The van der Waals surface area contributed by atoms with Crippen LogP contribution >= 0.6 is 0 Å². The Kier molecular flexibility index (Phi) is 6.30. The third kappa shape index (κ3) is 4.55. The van der Waals surface area contributed by atoms with E-state index in [4.69, 9.17) is 4.74 Å². The minimum atomic E-state index is -0.409. The normalized spacial score (nSPS) is 27.8. The van der Waals surface area contributed by atoms with Crippen molar-refractivity contribution in [2.24, 2.45) is 5.92 Å². The number of ether oxygens (including phenoxy) is 1. The number of hydrogen-bond acceptors (Lipinski definition) is 4. The summed E-state index contributed by atoms with van der Waals surface area (Å²) in [5, 5.41) is 6.77. The second-order valence-corrected chi connectivity index (χ2v) is 10.9. The summed E-state index contributed by atoms with van der Waals surface area (Å²) >= 11 is 0. The number of benzene rings is 2. The van der Waals surface area contributed by atoms with Crippen LogP contribution in [0.3, 0.4) is 0 Å². The average molecular weight is 486 g/mol. The third-order valence-corrected chi connectivity index (χ3v) is 8.44. The molecule has 6 rings (SSSR count). The van der Waals surface area contributed by atoms with Gasteiger partial charge in [0, 0.05) is 29.9 Å². The molecule has 2 aromatic rings. The van der Waals surface area contributed by atoms with Crippen molar-refractivity contribution in [3.05, 3.63) is 77.0 Å². The minimum absolute atomic E-state index is 0.0287. The molecule has 6 heteroatoms. The molecule has 3 heterocycles. The first-order valence-corrected chi connectivity index (χ1v) is 13.4. The lowest BCUT2D eigenvalue weighted by atomic mass is 9.80. The first kappa shape index (κ1) is 23.3. The molecule has 2 amide bonds. The first-order valence-electron chi connectivity index (χ1n) is 13.4. The zero-order valence-electron chi connectivity index (χ0n) is 20.8. The summed E-state index contributed by atoms with van der Waals surface area (Å²) in [6.07, 6.45) is 8.33. The Balaban J connectivity index is 1.12. The summed E-state index contributed by atoms with van der Waals surface area (Å²) in [4.78, 5) is 27.3. The topological polar surface area (TPSA) is 70.7 Å². The fourth-order valence-corrected chi connectivity index (χ4v) is 6.55. The van der Waals surface area contributed by atoms with E-state index < -0.39 is 6.04 Å². The van der Waals surface area contributed by atoms with E-state index in [2.05, 4.69) is 47.5 Å². The lowest BCUT2D eigenvalue weighted by Gasteiger charge is -2.37. The van der Waals surface area contributed by atoms with Gasteiger partial charge in [-0.25, -0.2) is 0 Å². The number of fused-ring (bicyclic) bond motifs is 2. The molecular formula is C30H35N3O3. The van der Waals surface area contributed by atoms with Crippen LogP contribution in [0.25, 0.3) is 0 Å². The molecule has 188 valence electrons. The Bertz CT molecular complexity index is 1190. The van der Waals surface area contributed by atoms with E-state index >= 15 is 0 Å². The molecule has 1 aliphatic carbocycles. The maximum atomic E-state index is 13.1. The lowest BCUT2D eigenvalue weighted by molar-refractivity contribution is -0.126. The molecule has 2 aromatic carbocycles. The zero-order valence-corrected chi connectivity index (χ0v) is 20.8. The third-order valence-electron chi connectivity index (χ3n) is 8.44. The fraction of sp³-hybridized carbons (Fsp3) is 0.467. The van der Waals surface area contributed by atoms with Gasteiger partial charge in [-0.1, -0.05) is 49.8 Å². The molecule has 36 heavy (non-hydrogen) atoms. The largest absolute Gasteiger partial charge is 0.492 e. The van der Waals surface area contributed by atoms with Crippen LogP contribution in [0.15, 0.2) is 54.7 Å². The molecule has 0 spiro atoms. The number of nitrogens with zero attached hydrogens (tertiary/aromatic N) is 1. The number of para-hydroxylation sites is 1. The van der Waals surface area contributed by atoms with Gasteiger partial charge in [0.1, 0.15) is 18.4 Å². The Morgan fingerprint density at radius 2 is 1.92 bits per heavy atom. The molecule has 6 nitrogen and oxygen atoms in total. The second kappa shape index (κ2) is 9.74. The van der Waals surface area contributed by atoms with Crippen molar-refractivity contribution >= 4 is 11.8 Å². The van der Waals surface area contributed by atoms with Crippen molar-refractivity contribution in [1.29, 1.82) is 0 Å². The van der Waals surface area contributed by atoms with Crippen LogP contribution < -0.4 is 15.4 Å². The van der Waals surface area contributed by atoms with Crippen LogP contribution in [0, 0.1) is 5.92 Å². The molecule has 4 atom stereocenters. The molecule has 1 saturated carbocycles. The highest BCUT2D eigenvalue weighted by atomic mass is 16.5. The molecule has 0 bridgehead atoms. The van der Waals surface area contributed by atoms with E-state index in [1.54, 1.807) is 4.90 Å². The number of nitrogens with one attached hydrogen (secondary N) is 2. The number of hydrogen-bond donors (Lipinski definition) is 2. The SMILES string of the molecule is C=C1CCC(N2Cc3cc(C[C@H]4CCCC[C@@H]4NC4COc5ccccc5C4)ccc3C2=O)C(=O)N1. The molecule has 0 aromatic heterocycles. The van der Waals surface area contributed by atoms with Crippen molar-refractivity contribution < 1.29 is 14.3 Å². The van der Waals surface area contributed by atoms with Gasteiger partial charge < -0.3 is 20.3 Å². The predicted octanol–water partition coefficient (Wildman–Crippen LogP) is 4.13. The standard InChI is InChI=1S/C30H35N3O3/c1-19-10-13-27(29(34)31-19)33-17-23-15-20(11-12-25(23)30(33)35)14-21-6-2-4-8-26(21)32-24-16-22-7-3-5-9-28(22)36-18-24/h3,5,7,9,11-12,15,21,24,26-27,32H,1-2,4,6,8,10,13-14,16-18H2,(H,31,34)/t21-,24?,26+,27?/m1/s1. The van der Waals surface area contributed by atoms with E-state index in [0.717, 1.165) is 48.4 Å². The molecule has 4 aliphatic rings. The molecule has 2 N–H and O–H groups in total. The summed E-state index contributed by atoms with van der Waals surface area (Å²) in [7, 11) is 0. The summed E-state index contributed by atoms with van der Waals surface area (Å²) in [6.45, 7) is 5.09. The van der Waals surface area contributed by atoms with Crippen LogP contribution in [0.2, 0.25) is 0 Å². The highest BCUT2D eigenvalue weighted by Crippen LogP contribution is 2.33. The Morgan fingerprint density at radius 1 is 1.06 bits per heavy atom. The van der Waals surface area contributed by atoms with Crippen LogP contribution in [-0.2, 0) is 24.2 Å². The summed E-state index contributed by atoms with van der Waals surface area (Å²) in [5.41, 5.74) is 5.10. The van der Waals surface area contributed by atoms with Gasteiger partial charge in [0.25, 0.3) is 5.91 Å². The number of amides is 2. The van der Waals surface area contributed by atoms with Crippen molar-refractivity contribution in [2.75, 3.05) is 6.61 Å². The molecule has 1 saturated heterocycles. The Morgan fingerprint density at radius 3 is 2.81 bits per heavy atom. The Labute approximate surface area is 213 Å². The van der Waals surface area contributed by atoms with Gasteiger partial charge in [-0.05, 0) is 73.3 Å². The Hall–Kier alpha value is -3.12. The van der Waals surface area contributed by atoms with Gasteiger partial charge in [-0.2, -0.15) is 0 Å². The van der Waals surface area contributed by atoms with E-state index in [0.29, 0.717) is 31.0 Å². The summed E-state index contributed by atoms with van der Waals surface area (Å²) < 4.78 is 6.03. The number of allylic oxidation sites excluding steroid dienone is 1. The van der Waals surface area contributed by atoms with E-state index in [-0.39, 0.29) is 11.8 Å². The maximum absolute atomic E-state index is 13.1. The second-order valence-electron chi connectivity index (χ2n) is 10.9. The van der Waals surface area contributed by atoms with Crippen LogP contribution in [-0.4, -0.2) is 41.4 Å². The quantitative estimate of drug-likeness (QED) is 0.668. The van der Waals surface area contributed by atoms with Gasteiger partial charge in [-0.15, -0.1) is 0 Å². The van der Waals surface area contributed by atoms with Crippen molar-refractivity contribution in [3.8, 4) is 5.75 Å². The van der Waals surface area contributed by atoms with E-state index in [1.807, 2.05) is 12.1 Å². The van der Waals surface area contributed by atoms with Gasteiger partial charge in [0.15, 0.2) is 0 Å². The van der Waals surface area contributed by atoms with Crippen LogP contribution in [0.1, 0.15) is 65.6 Å². The average Bonchev–Trinajstić information content (AvgIpc) is 3.20. The van der Waals surface area contributed by atoms with Crippen molar-refractivity contribution in [2.45, 2.75) is 76.0 Å². The number of rotatable bonds is 5. The van der Waals surface area contributed by atoms with Crippen LogP contribution in [0.4, 0.5) is 0 Å². The van der Waals surface area contributed by atoms with E-state index in [1.165, 1.54) is 36.8 Å². The van der Waals surface area contributed by atoms with Crippen LogP contribution in [0.5, 0.6) is 5.75 Å². The summed E-state index contributed by atoms with van der Waals surface area (Å²) in [6, 6.07) is 15.1.